The molecule has 1 aromatic rings. The van der Waals surface area contributed by atoms with E-state index in [1.165, 1.54) is 13.0 Å². The van der Waals surface area contributed by atoms with Crippen LogP contribution in [-0.2, 0) is 0 Å². The first-order valence-corrected chi connectivity index (χ1v) is 4.58. The van der Waals surface area contributed by atoms with Crippen LogP contribution in [0.3, 0.4) is 0 Å². The molecule has 0 atom stereocenters. The van der Waals surface area contributed by atoms with Gasteiger partial charge in [0.2, 0.25) is 0 Å². The van der Waals surface area contributed by atoms with E-state index in [1.807, 2.05) is 0 Å². The fourth-order valence-electron chi connectivity index (χ4n) is 1.00. The lowest BCUT2D eigenvalue weighted by Gasteiger charge is -2.05. The fraction of sp³-hybridized carbons (Fsp3) is 0.125. The summed E-state index contributed by atoms with van der Waals surface area (Å²) >= 11 is 2.88. The smallest absolute Gasteiger partial charge is 0.423 e. The van der Waals surface area contributed by atoms with Gasteiger partial charge in [0.25, 0.3) is 0 Å². The lowest BCUT2D eigenvalue weighted by atomic mass is 9.79. The number of hydrogen-bond donors (Lipinski definition) is 2. The van der Waals surface area contributed by atoms with E-state index in [-0.39, 0.29) is 21.3 Å². The predicted molar refractivity (Wildman–Crippen MR) is 53.9 cm³/mol. The van der Waals surface area contributed by atoms with Crippen LogP contribution in [0.25, 0.3) is 0 Å². The van der Waals surface area contributed by atoms with Gasteiger partial charge in [-0.3, -0.25) is 4.79 Å². The maximum Gasteiger partial charge on any atom is 0.491 e. The molecule has 0 aliphatic carbocycles. The van der Waals surface area contributed by atoms with Crippen LogP contribution < -0.4 is 5.46 Å². The molecular weight excluding hydrogens is 254 g/mol. The van der Waals surface area contributed by atoms with Crippen LogP contribution in [0, 0.1) is 5.82 Å². The van der Waals surface area contributed by atoms with E-state index in [9.17, 15) is 9.18 Å². The third-order valence-corrected chi connectivity index (χ3v) is 2.32. The summed E-state index contributed by atoms with van der Waals surface area (Å²) in [7, 11) is -1.93. The molecule has 0 aromatic heterocycles. The maximum atomic E-state index is 13.2. The topological polar surface area (TPSA) is 57.5 Å². The Morgan fingerprint density at radius 2 is 2.07 bits per heavy atom. The van der Waals surface area contributed by atoms with Gasteiger partial charge in [0.1, 0.15) is 5.82 Å². The number of rotatable bonds is 2. The number of hydrogen-bond acceptors (Lipinski definition) is 3. The summed E-state index contributed by atoms with van der Waals surface area (Å²) in [4.78, 5) is 11.0. The number of halogens is 2. The number of ketones is 1. The first-order valence-electron chi connectivity index (χ1n) is 3.79. The third-order valence-electron chi connectivity index (χ3n) is 1.74. The molecule has 0 amide bonds. The molecule has 0 fully saturated rings. The minimum absolute atomic E-state index is 0.0355. The van der Waals surface area contributed by atoms with Gasteiger partial charge >= 0.3 is 7.12 Å². The van der Waals surface area contributed by atoms with Gasteiger partial charge < -0.3 is 10.0 Å². The van der Waals surface area contributed by atoms with Crippen molar-refractivity contribution in [2.24, 2.45) is 0 Å². The number of carbonyl (C=O) groups is 1. The van der Waals surface area contributed by atoms with Gasteiger partial charge in [0, 0.05) is 11.0 Å². The van der Waals surface area contributed by atoms with Crippen LogP contribution in [0.5, 0.6) is 0 Å². The summed E-state index contributed by atoms with van der Waals surface area (Å²) in [5.41, 5.74) is -0.0917. The van der Waals surface area contributed by atoms with E-state index in [1.54, 1.807) is 0 Å². The van der Waals surface area contributed by atoms with Crippen molar-refractivity contribution in [1.29, 1.82) is 0 Å². The van der Waals surface area contributed by atoms with Crippen molar-refractivity contribution in [3.8, 4) is 0 Å². The SMILES string of the molecule is CC(=O)c1cc(Br)c(F)c(B(O)O)c1. The molecule has 3 nitrogen and oxygen atoms in total. The predicted octanol–water partition coefficient (Wildman–Crippen LogP) is 0.471. The molecule has 0 bridgehead atoms. The Morgan fingerprint density at radius 3 is 2.50 bits per heavy atom. The minimum Gasteiger partial charge on any atom is -0.423 e. The average Bonchev–Trinajstić information content (AvgIpc) is 2.08. The molecule has 0 unspecified atom stereocenters. The van der Waals surface area contributed by atoms with Crippen molar-refractivity contribution in [3.05, 3.63) is 28.0 Å². The summed E-state index contributed by atoms with van der Waals surface area (Å²) in [5.74, 6) is -1.04. The first kappa shape index (κ1) is 11.4. The quantitative estimate of drug-likeness (QED) is 0.601. The normalized spacial score (nSPS) is 10.1. The fourth-order valence-corrected chi connectivity index (χ4v) is 1.48. The molecule has 74 valence electrons. The highest BCUT2D eigenvalue weighted by atomic mass is 79.9. The molecule has 0 saturated heterocycles. The Labute approximate surface area is 88.8 Å². The molecule has 0 radical (unpaired) electrons. The van der Waals surface area contributed by atoms with Crippen molar-refractivity contribution < 1.29 is 19.2 Å². The molecule has 2 N–H and O–H groups in total. The second-order valence-electron chi connectivity index (χ2n) is 2.79. The standard InChI is InChI=1S/C8H7BBrFO3/c1-4(12)5-2-6(9(13)14)8(11)7(10)3-5/h2-3,13-14H,1H3. The lowest BCUT2D eigenvalue weighted by Crippen LogP contribution is -2.33. The lowest BCUT2D eigenvalue weighted by molar-refractivity contribution is 0.101. The summed E-state index contributed by atoms with van der Waals surface area (Å²) in [6.07, 6.45) is 0. The highest BCUT2D eigenvalue weighted by molar-refractivity contribution is 9.10. The van der Waals surface area contributed by atoms with Gasteiger partial charge in [-0.05, 0) is 35.0 Å². The second kappa shape index (κ2) is 4.21. The van der Waals surface area contributed by atoms with Crippen molar-refractivity contribution in [2.75, 3.05) is 0 Å². The molecule has 0 saturated carbocycles. The monoisotopic (exact) mass is 260 g/mol. The summed E-state index contributed by atoms with van der Waals surface area (Å²) < 4.78 is 13.3. The average molecular weight is 261 g/mol. The van der Waals surface area contributed by atoms with Crippen molar-refractivity contribution >= 4 is 34.3 Å². The van der Waals surface area contributed by atoms with Gasteiger partial charge in [-0.1, -0.05) is 0 Å². The Kier molecular flexibility index (Phi) is 3.41. The molecular formula is C8H7BBrFO3. The van der Waals surface area contributed by atoms with E-state index in [2.05, 4.69) is 15.9 Å². The van der Waals surface area contributed by atoms with E-state index in [0.717, 1.165) is 6.07 Å². The third kappa shape index (κ3) is 2.20. The van der Waals surface area contributed by atoms with E-state index in [0.29, 0.717) is 0 Å². The summed E-state index contributed by atoms with van der Waals surface area (Å²) in [6.45, 7) is 1.31. The zero-order valence-electron chi connectivity index (χ0n) is 7.29. The Morgan fingerprint density at radius 1 is 1.50 bits per heavy atom. The Bertz CT molecular complexity index is 381. The summed E-state index contributed by atoms with van der Waals surface area (Å²) in [6, 6.07) is 2.41. The minimum atomic E-state index is -1.93. The van der Waals surface area contributed by atoms with Gasteiger partial charge in [-0.15, -0.1) is 0 Å². The van der Waals surface area contributed by atoms with Crippen molar-refractivity contribution in [2.45, 2.75) is 6.92 Å². The molecule has 0 aliphatic rings. The molecule has 0 heterocycles. The second-order valence-corrected chi connectivity index (χ2v) is 3.65. The number of Topliss-reactive ketones (excluding diaryl/α,β-unsaturated/α-hetero) is 1. The van der Waals surface area contributed by atoms with Gasteiger partial charge in [0.05, 0.1) is 4.47 Å². The first-order chi connectivity index (χ1) is 6.43. The zero-order chi connectivity index (χ0) is 10.9. The number of benzene rings is 1. The maximum absolute atomic E-state index is 13.2. The molecule has 1 aromatic carbocycles. The Hall–Kier alpha value is -0.715. The van der Waals surface area contributed by atoms with Crippen LogP contribution in [0.4, 0.5) is 4.39 Å². The highest BCUT2D eigenvalue weighted by Crippen LogP contribution is 2.16. The molecule has 6 heteroatoms. The van der Waals surface area contributed by atoms with Crippen LogP contribution in [0.15, 0.2) is 16.6 Å². The molecule has 14 heavy (non-hydrogen) atoms. The largest absolute Gasteiger partial charge is 0.491 e. The van der Waals surface area contributed by atoms with Gasteiger partial charge in [-0.25, -0.2) is 4.39 Å². The van der Waals surface area contributed by atoms with Crippen LogP contribution in [0.2, 0.25) is 0 Å². The Balaban J connectivity index is 3.35. The molecule has 1 rings (SSSR count). The van der Waals surface area contributed by atoms with E-state index in [4.69, 9.17) is 10.0 Å². The van der Waals surface area contributed by atoms with Crippen molar-refractivity contribution in [1.82, 2.24) is 0 Å². The zero-order valence-corrected chi connectivity index (χ0v) is 8.88. The van der Waals surface area contributed by atoms with E-state index >= 15 is 0 Å². The van der Waals surface area contributed by atoms with Gasteiger partial charge in [-0.2, -0.15) is 0 Å². The van der Waals surface area contributed by atoms with Crippen LogP contribution in [0.1, 0.15) is 17.3 Å². The van der Waals surface area contributed by atoms with Crippen LogP contribution >= 0.6 is 15.9 Å². The summed E-state index contributed by atoms with van der Waals surface area (Å²) in [5, 5.41) is 17.6. The van der Waals surface area contributed by atoms with E-state index < -0.39 is 12.9 Å². The molecule has 0 spiro atoms. The number of carbonyl (C=O) groups excluding carboxylic acids is 1. The van der Waals surface area contributed by atoms with Gasteiger partial charge in [0.15, 0.2) is 5.78 Å². The molecule has 0 aliphatic heterocycles. The van der Waals surface area contributed by atoms with Crippen LogP contribution in [-0.4, -0.2) is 22.9 Å². The highest BCUT2D eigenvalue weighted by Gasteiger charge is 2.20. The van der Waals surface area contributed by atoms with Crippen molar-refractivity contribution in [3.63, 3.8) is 0 Å².